The molecule has 32 heavy (non-hydrogen) atoms. The number of phenolic OH excluding ortho intramolecular Hbond substituents is 1. The van der Waals surface area contributed by atoms with Crippen molar-refractivity contribution in [2.75, 3.05) is 38.7 Å². The maximum atomic E-state index is 14.4. The highest BCUT2D eigenvalue weighted by molar-refractivity contribution is 5.93. The predicted octanol–water partition coefficient (Wildman–Crippen LogP) is 3.37. The number of aromatic hydroxyl groups is 1. The van der Waals surface area contributed by atoms with E-state index in [1.807, 2.05) is 0 Å². The monoisotopic (exact) mass is 442 g/mol. The van der Waals surface area contributed by atoms with Gasteiger partial charge in [0.1, 0.15) is 30.3 Å². The minimum atomic E-state index is -0.496. The Balaban J connectivity index is 1.55. The number of piperidine rings is 1. The number of aromatic nitrogens is 2. The van der Waals surface area contributed by atoms with Gasteiger partial charge in [-0.25, -0.2) is 14.4 Å². The van der Waals surface area contributed by atoms with Gasteiger partial charge in [-0.15, -0.1) is 0 Å². The molecule has 0 saturated carbocycles. The average molecular weight is 442 g/mol. The summed E-state index contributed by atoms with van der Waals surface area (Å²) in [5.41, 5.74) is 1.14. The molecular weight excluding hydrogens is 415 g/mol. The molecule has 0 atom stereocenters. The van der Waals surface area contributed by atoms with E-state index in [2.05, 4.69) is 20.2 Å². The Labute approximate surface area is 185 Å². The first-order chi connectivity index (χ1) is 15.5. The Morgan fingerprint density at radius 1 is 1.19 bits per heavy atom. The van der Waals surface area contributed by atoms with E-state index >= 15 is 0 Å². The van der Waals surface area contributed by atoms with E-state index in [4.69, 9.17) is 9.47 Å². The van der Waals surface area contributed by atoms with Crippen LogP contribution in [-0.4, -0.2) is 64.5 Å². The number of halogens is 1. The van der Waals surface area contributed by atoms with E-state index < -0.39 is 5.82 Å². The Bertz CT molecular complexity index is 1100. The molecule has 3 N–H and O–H groups in total. The molecule has 1 aliphatic rings. The number of fused-ring (bicyclic) bond motifs is 1. The number of methoxy groups -OCH3 is 1. The van der Waals surface area contributed by atoms with Gasteiger partial charge in [0.2, 0.25) is 0 Å². The zero-order chi connectivity index (χ0) is 22.7. The second-order valence-corrected chi connectivity index (χ2v) is 7.86. The van der Waals surface area contributed by atoms with Crippen molar-refractivity contribution < 1.29 is 24.1 Å². The third-order valence-corrected chi connectivity index (χ3v) is 5.77. The van der Waals surface area contributed by atoms with Gasteiger partial charge in [0.25, 0.3) is 0 Å². The summed E-state index contributed by atoms with van der Waals surface area (Å²) in [6.45, 7) is 4.56. The number of hydrogen-bond donors (Lipinski definition) is 3. The lowest BCUT2D eigenvalue weighted by atomic mass is 10.1. The minimum absolute atomic E-state index is 0.0104. The van der Waals surface area contributed by atoms with Crippen molar-refractivity contribution in [2.24, 2.45) is 0 Å². The number of hydrogen-bond acceptors (Lipinski definition) is 8. The number of benzene rings is 2. The van der Waals surface area contributed by atoms with Gasteiger partial charge in [0.15, 0.2) is 11.5 Å². The van der Waals surface area contributed by atoms with E-state index in [0.717, 1.165) is 32.5 Å². The smallest absolute Gasteiger partial charge is 0.163 e. The average Bonchev–Trinajstić information content (AvgIpc) is 2.80. The standard InChI is InChI=1S/C23H27FN4O4/c1-14-19(30)4-3-17(24)22(14)27-23-16-11-20(31-2)21(12-18(16)25-13-26-23)32-10-9-28-7-5-15(29)6-8-28/h3-4,11-13,15,29-30H,5-10H2,1-2H3,(H,25,26,27). The normalized spacial score (nSPS) is 15.1. The zero-order valence-electron chi connectivity index (χ0n) is 18.1. The molecule has 1 aliphatic heterocycles. The Kier molecular flexibility index (Phi) is 6.57. The van der Waals surface area contributed by atoms with Crippen molar-refractivity contribution in [3.8, 4) is 17.2 Å². The largest absolute Gasteiger partial charge is 0.508 e. The van der Waals surface area contributed by atoms with Gasteiger partial charge in [-0.1, -0.05) is 0 Å². The quantitative estimate of drug-likeness (QED) is 0.512. The summed E-state index contributed by atoms with van der Waals surface area (Å²) in [5, 5.41) is 23.2. The fourth-order valence-corrected chi connectivity index (χ4v) is 3.80. The van der Waals surface area contributed by atoms with Gasteiger partial charge in [0.05, 0.1) is 24.4 Å². The first kappa shape index (κ1) is 22.0. The fraction of sp³-hybridized carbons (Fsp3) is 0.391. The summed E-state index contributed by atoms with van der Waals surface area (Å²) in [6, 6.07) is 6.03. The third kappa shape index (κ3) is 4.68. The van der Waals surface area contributed by atoms with Crippen LogP contribution >= 0.6 is 0 Å². The van der Waals surface area contributed by atoms with Crippen LogP contribution in [0.25, 0.3) is 10.9 Å². The lowest BCUT2D eigenvalue weighted by Gasteiger charge is -2.29. The molecule has 0 unspecified atom stereocenters. The van der Waals surface area contributed by atoms with Crippen LogP contribution in [-0.2, 0) is 0 Å². The maximum Gasteiger partial charge on any atom is 0.163 e. The van der Waals surface area contributed by atoms with E-state index in [1.54, 1.807) is 26.2 Å². The Morgan fingerprint density at radius 2 is 1.97 bits per heavy atom. The van der Waals surface area contributed by atoms with Crippen LogP contribution in [0, 0.1) is 12.7 Å². The van der Waals surface area contributed by atoms with Crippen LogP contribution in [0.1, 0.15) is 18.4 Å². The molecule has 0 radical (unpaired) electrons. The molecule has 1 aromatic heterocycles. The number of ether oxygens (including phenoxy) is 2. The number of nitrogens with one attached hydrogen (secondary N) is 1. The van der Waals surface area contributed by atoms with Crippen molar-refractivity contribution in [1.29, 1.82) is 0 Å². The first-order valence-electron chi connectivity index (χ1n) is 10.6. The number of likely N-dealkylation sites (tertiary alicyclic amines) is 1. The molecule has 8 nitrogen and oxygen atoms in total. The first-order valence-corrected chi connectivity index (χ1v) is 10.6. The zero-order valence-corrected chi connectivity index (χ0v) is 18.1. The van der Waals surface area contributed by atoms with Crippen molar-refractivity contribution in [3.63, 3.8) is 0 Å². The summed E-state index contributed by atoms with van der Waals surface area (Å²) in [4.78, 5) is 10.8. The van der Waals surface area contributed by atoms with Gasteiger partial charge in [-0.2, -0.15) is 0 Å². The van der Waals surface area contributed by atoms with Crippen molar-refractivity contribution in [2.45, 2.75) is 25.9 Å². The number of phenols is 1. The summed E-state index contributed by atoms with van der Waals surface area (Å²) < 4.78 is 25.8. The third-order valence-electron chi connectivity index (χ3n) is 5.77. The summed E-state index contributed by atoms with van der Waals surface area (Å²) in [7, 11) is 1.55. The predicted molar refractivity (Wildman–Crippen MR) is 119 cm³/mol. The summed E-state index contributed by atoms with van der Waals surface area (Å²) >= 11 is 0. The van der Waals surface area contributed by atoms with Crippen LogP contribution in [0.5, 0.6) is 17.2 Å². The minimum Gasteiger partial charge on any atom is -0.508 e. The molecule has 0 aliphatic carbocycles. The molecular formula is C23H27FN4O4. The lowest BCUT2D eigenvalue weighted by molar-refractivity contribution is 0.0753. The fourth-order valence-electron chi connectivity index (χ4n) is 3.80. The number of nitrogens with zero attached hydrogens (tertiary/aromatic N) is 3. The molecule has 0 amide bonds. The Hall–Kier alpha value is -3.17. The summed E-state index contributed by atoms with van der Waals surface area (Å²) in [5.74, 6) is 0.950. The molecule has 0 bridgehead atoms. The molecule has 1 fully saturated rings. The van der Waals surface area contributed by atoms with Gasteiger partial charge in [-0.3, -0.25) is 4.90 Å². The van der Waals surface area contributed by atoms with Crippen LogP contribution in [0.2, 0.25) is 0 Å². The highest BCUT2D eigenvalue weighted by Crippen LogP contribution is 2.36. The van der Waals surface area contributed by atoms with Gasteiger partial charge in [-0.05, 0) is 38.0 Å². The van der Waals surface area contributed by atoms with E-state index in [9.17, 15) is 14.6 Å². The van der Waals surface area contributed by atoms with Crippen LogP contribution in [0.15, 0.2) is 30.6 Å². The van der Waals surface area contributed by atoms with Crippen LogP contribution in [0.3, 0.4) is 0 Å². The second kappa shape index (κ2) is 9.54. The molecule has 170 valence electrons. The van der Waals surface area contributed by atoms with Gasteiger partial charge in [0, 0.05) is 36.7 Å². The summed E-state index contributed by atoms with van der Waals surface area (Å²) in [6.07, 6.45) is 2.75. The number of aliphatic hydroxyl groups excluding tert-OH is 1. The van der Waals surface area contributed by atoms with Gasteiger partial charge >= 0.3 is 0 Å². The molecule has 1 saturated heterocycles. The van der Waals surface area contributed by atoms with Crippen molar-refractivity contribution >= 4 is 22.4 Å². The number of anilines is 2. The highest BCUT2D eigenvalue weighted by Gasteiger charge is 2.18. The molecule has 9 heteroatoms. The van der Waals surface area contributed by atoms with Crippen molar-refractivity contribution in [1.82, 2.24) is 14.9 Å². The highest BCUT2D eigenvalue weighted by atomic mass is 19.1. The number of rotatable bonds is 7. The molecule has 4 rings (SSSR count). The Morgan fingerprint density at radius 3 is 2.72 bits per heavy atom. The van der Waals surface area contributed by atoms with Crippen LogP contribution < -0.4 is 14.8 Å². The van der Waals surface area contributed by atoms with Gasteiger partial charge < -0.3 is 25.0 Å². The van der Waals surface area contributed by atoms with E-state index in [0.29, 0.717) is 40.4 Å². The molecule has 3 aromatic rings. The molecule has 2 aromatic carbocycles. The SMILES string of the molecule is COc1cc2c(Nc3c(F)ccc(O)c3C)ncnc2cc1OCCN1CCC(O)CC1. The van der Waals surface area contributed by atoms with Crippen molar-refractivity contribution in [3.05, 3.63) is 42.0 Å². The second-order valence-electron chi connectivity index (χ2n) is 7.86. The van der Waals surface area contributed by atoms with Crippen LogP contribution in [0.4, 0.5) is 15.9 Å². The molecule has 2 heterocycles. The topological polar surface area (TPSA) is 100.0 Å². The maximum absolute atomic E-state index is 14.4. The van der Waals surface area contributed by atoms with E-state index in [-0.39, 0.29) is 17.5 Å². The molecule has 0 spiro atoms. The van der Waals surface area contributed by atoms with E-state index in [1.165, 1.54) is 18.5 Å². The number of aliphatic hydroxyl groups is 1. The lowest BCUT2D eigenvalue weighted by Crippen LogP contribution is -2.38.